The molecule has 1 saturated heterocycles. The Balaban J connectivity index is 0.00000300. The van der Waals surface area contributed by atoms with E-state index in [0.29, 0.717) is 12.4 Å². The summed E-state index contributed by atoms with van der Waals surface area (Å²) in [5.74, 6) is 1.55. The molecule has 0 unspecified atom stereocenters. The maximum absolute atomic E-state index is 5.19. The van der Waals surface area contributed by atoms with E-state index in [1.54, 1.807) is 7.11 Å². The monoisotopic (exact) mass is 507 g/mol. The number of hydrogen-bond acceptors (Lipinski definition) is 4. The minimum atomic E-state index is 0. The van der Waals surface area contributed by atoms with Crippen LogP contribution in [0.3, 0.4) is 0 Å². The largest absolute Gasteiger partial charge is 0.481 e. The highest BCUT2D eigenvalue weighted by molar-refractivity contribution is 14.0. The van der Waals surface area contributed by atoms with Crippen LogP contribution in [0.15, 0.2) is 59.6 Å². The Labute approximate surface area is 190 Å². The van der Waals surface area contributed by atoms with Crippen LogP contribution in [0, 0.1) is 0 Å². The topological polar surface area (TPSA) is 53.0 Å². The van der Waals surface area contributed by atoms with Crippen molar-refractivity contribution in [3.05, 3.63) is 65.9 Å². The molecule has 1 aliphatic rings. The molecule has 0 amide bonds. The van der Waals surface area contributed by atoms with Crippen LogP contribution in [-0.2, 0) is 6.54 Å². The third-order valence-electron chi connectivity index (χ3n) is 4.78. The summed E-state index contributed by atoms with van der Waals surface area (Å²) < 4.78 is 5.19. The second-order valence-electron chi connectivity index (χ2n) is 6.67. The third kappa shape index (κ3) is 7.32. The highest BCUT2D eigenvalue weighted by Crippen LogP contribution is 2.08. The lowest BCUT2D eigenvalue weighted by Gasteiger charge is -2.36. The summed E-state index contributed by atoms with van der Waals surface area (Å²) in [6, 6.07) is 16.2. The van der Waals surface area contributed by atoms with E-state index in [-0.39, 0.29) is 24.0 Å². The molecule has 7 heteroatoms. The first-order valence-corrected chi connectivity index (χ1v) is 9.68. The van der Waals surface area contributed by atoms with E-state index in [4.69, 9.17) is 4.74 Å². The molecule has 0 saturated carbocycles. The van der Waals surface area contributed by atoms with Gasteiger partial charge in [0.15, 0.2) is 5.96 Å². The molecule has 0 bridgehead atoms. The molecule has 2 heterocycles. The standard InChI is InChI=1S/C22H29N5O.HI/c1-23-22(24-18-20-11-6-12-21(25-20)28-2)27-16-14-26(15-17-27)13-7-10-19-8-4-3-5-9-19;/h3-12H,13-18H2,1-2H3,(H,23,24);1H/b10-7+;. The summed E-state index contributed by atoms with van der Waals surface area (Å²) in [6.45, 7) is 5.58. The molecule has 2 aromatic rings. The van der Waals surface area contributed by atoms with Crippen LogP contribution in [0.2, 0.25) is 0 Å². The quantitative estimate of drug-likeness (QED) is 0.370. The first-order valence-electron chi connectivity index (χ1n) is 9.68. The highest BCUT2D eigenvalue weighted by Gasteiger charge is 2.18. The lowest BCUT2D eigenvalue weighted by atomic mass is 10.2. The first kappa shape index (κ1) is 23.2. The van der Waals surface area contributed by atoms with E-state index < -0.39 is 0 Å². The summed E-state index contributed by atoms with van der Waals surface area (Å²) in [4.78, 5) is 13.6. The van der Waals surface area contributed by atoms with Gasteiger partial charge in [0.05, 0.1) is 19.3 Å². The van der Waals surface area contributed by atoms with Crippen LogP contribution in [0.4, 0.5) is 0 Å². The van der Waals surface area contributed by atoms with Gasteiger partial charge in [0.1, 0.15) is 0 Å². The van der Waals surface area contributed by atoms with Crippen LogP contribution >= 0.6 is 24.0 Å². The van der Waals surface area contributed by atoms with Crippen LogP contribution < -0.4 is 10.1 Å². The zero-order valence-electron chi connectivity index (χ0n) is 17.1. The first-order chi connectivity index (χ1) is 13.8. The Morgan fingerprint density at radius 2 is 1.86 bits per heavy atom. The molecule has 0 aliphatic carbocycles. The van der Waals surface area contributed by atoms with Gasteiger partial charge in [-0.3, -0.25) is 9.89 Å². The van der Waals surface area contributed by atoms with Crippen LogP contribution in [0.5, 0.6) is 5.88 Å². The minimum absolute atomic E-state index is 0. The van der Waals surface area contributed by atoms with Gasteiger partial charge in [0, 0.05) is 45.8 Å². The van der Waals surface area contributed by atoms with E-state index in [1.165, 1.54) is 5.56 Å². The van der Waals surface area contributed by atoms with Crippen molar-refractivity contribution in [1.82, 2.24) is 20.1 Å². The highest BCUT2D eigenvalue weighted by atomic mass is 127. The van der Waals surface area contributed by atoms with Crippen molar-refractivity contribution >= 4 is 36.0 Å². The molecule has 1 aromatic carbocycles. The Kier molecular flexibility index (Phi) is 9.93. The molecular formula is C22H30IN5O. The number of pyridine rings is 1. The average molecular weight is 507 g/mol. The number of ether oxygens (including phenoxy) is 1. The molecule has 6 nitrogen and oxygen atoms in total. The van der Waals surface area contributed by atoms with E-state index in [0.717, 1.165) is 44.4 Å². The van der Waals surface area contributed by atoms with Crippen molar-refractivity contribution in [2.45, 2.75) is 6.54 Å². The van der Waals surface area contributed by atoms with Gasteiger partial charge in [0.25, 0.3) is 0 Å². The molecule has 0 atom stereocenters. The van der Waals surface area contributed by atoms with E-state index in [2.05, 4.69) is 61.5 Å². The van der Waals surface area contributed by atoms with Crippen LogP contribution in [0.1, 0.15) is 11.3 Å². The van der Waals surface area contributed by atoms with Gasteiger partial charge >= 0.3 is 0 Å². The zero-order valence-corrected chi connectivity index (χ0v) is 19.5. The van der Waals surface area contributed by atoms with Crippen molar-refractivity contribution in [2.75, 3.05) is 46.9 Å². The molecule has 3 rings (SSSR count). The summed E-state index contributed by atoms with van der Waals surface area (Å²) in [5, 5.41) is 3.41. The van der Waals surface area contributed by atoms with Gasteiger partial charge in [-0.15, -0.1) is 24.0 Å². The Bertz CT molecular complexity index is 789. The van der Waals surface area contributed by atoms with Gasteiger partial charge in [0.2, 0.25) is 5.88 Å². The summed E-state index contributed by atoms with van der Waals surface area (Å²) in [6.07, 6.45) is 4.43. The van der Waals surface area contributed by atoms with Gasteiger partial charge in [-0.05, 0) is 11.6 Å². The molecule has 1 aliphatic heterocycles. The molecular weight excluding hydrogens is 477 g/mol. The van der Waals surface area contributed by atoms with Crippen molar-refractivity contribution in [2.24, 2.45) is 4.99 Å². The maximum atomic E-state index is 5.19. The average Bonchev–Trinajstić information content (AvgIpc) is 2.76. The molecule has 0 radical (unpaired) electrons. The Morgan fingerprint density at radius 3 is 2.55 bits per heavy atom. The van der Waals surface area contributed by atoms with Crippen molar-refractivity contribution in [1.29, 1.82) is 0 Å². The Hall–Kier alpha value is -2.13. The smallest absolute Gasteiger partial charge is 0.213 e. The van der Waals surface area contributed by atoms with Crippen molar-refractivity contribution < 1.29 is 4.74 Å². The second-order valence-corrected chi connectivity index (χ2v) is 6.67. The number of aromatic nitrogens is 1. The van der Waals surface area contributed by atoms with Crippen LogP contribution in [-0.4, -0.2) is 67.6 Å². The number of methoxy groups -OCH3 is 1. The van der Waals surface area contributed by atoms with Crippen molar-refractivity contribution in [3.8, 4) is 5.88 Å². The number of nitrogens with zero attached hydrogens (tertiary/aromatic N) is 4. The molecule has 0 spiro atoms. The van der Waals surface area contributed by atoms with Gasteiger partial charge in [-0.25, -0.2) is 4.98 Å². The van der Waals surface area contributed by atoms with Crippen molar-refractivity contribution in [3.63, 3.8) is 0 Å². The van der Waals surface area contributed by atoms with E-state index in [9.17, 15) is 0 Å². The number of piperazine rings is 1. The number of rotatable bonds is 6. The number of halogens is 1. The lowest BCUT2D eigenvalue weighted by Crippen LogP contribution is -2.52. The zero-order chi connectivity index (χ0) is 19.6. The fourth-order valence-corrected chi connectivity index (χ4v) is 3.22. The molecule has 1 aromatic heterocycles. The predicted octanol–water partition coefficient (Wildman–Crippen LogP) is 3.11. The van der Waals surface area contributed by atoms with Gasteiger partial charge in [-0.1, -0.05) is 48.6 Å². The number of benzene rings is 1. The minimum Gasteiger partial charge on any atom is -0.481 e. The fraction of sp³-hybridized carbons (Fsp3) is 0.364. The van der Waals surface area contributed by atoms with Crippen LogP contribution in [0.25, 0.3) is 6.08 Å². The number of guanidine groups is 1. The van der Waals surface area contributed by atoms with E-state index >= 15 is 0 Å². The second kappa shape index (κ2) is 12.4. The molecule has 1 N–H and O–H groups in total. The Morgan fingerprint density at radius 1 is 1.10 bits per heavy atom. The normalized spacial score (nSPS) is 15.2. The molecule has 29 heavy (non-hydrogen) atoms. The van der Waals surface area contributed by atoms with E-state index in [1.807, 2.05) is 31.3 Å². The van der Waals surface area contributed by atoms with Gasteiger partial charge < -0.3 is 15.0 Å². The fourth-order valence-electron chi connectivity index (χ4n) is 3.22. The lowest BCUT2D eigenvalue weighted by molar-refractivity contribution is 0.194. The maximum Gasteiger partial charge on any atom is 0.213 e. The number of aliphatic imine (C=N–C) groups is 1. The third-order valence-corrected chi connectivity index (χ3v) is 4.78. The molecule has 156 valence electrons. The number of nitrogens with one attached hydrogen (secondary N) is 1. The molecule has 1 fully saturated rings. The summed E-state index contributed by atoms with van der Waals surface area (Å²) >= 11 is 0. The SMILES string of the molecule is CN=C(NCc1cccc(OC)n1)N1CCN(C/C=C/c2ccccc2)CC1.I. The predicted molar refractivity (Wildman–Crippen MR) is 130 cm³/mol. The number of hydrogen-bond donors (Lipinski definition) is 1. The van der Waals surface area contributed by atoms with Gasteiger partial charge in [-0.2, -0.15) is 0 Å². The summed E-state index contributed by atoms with van der Waals surface area (Å²) in [5.41, 5.74) is 2.18. The summed E-state index contributed by atoms with van der Waals surface area (Å²) in [7, 11) is 3.46.